The van der Waals surface area contributed by atoms with Crippen LogP contribution in [-0.2, 0) is 31.9 Å². The van der Waals surface area contributed by atoms with Gasteiger partial charge in [-0.25, -0.2) is 0 Å². The number of aromatic nitrogens is 4. The first-order valence-corrected chi connectivity index (χ1v) is 10.7. The molecule has 1 aromatic carbocycles. The molecule has 0 radical (unpaired) electrons. The second kappa shape index (κ2) is 8.49. The van der Waals surface area contributed by atoms with E-state index in [2.05, 4.69) is 20.8 Å². The monoisotopic (exact) mass is 435 g/mol. The van der Waals surface area contributed by atoms with E-state index in [0.29, 0.717) is 24.5 Å². The van der Waals surface area contributed by atoms with Crippen LogP contribution in [0.4, 0.5) is 11.5 Å². The lowest BCUT2D eigenvalue weighted by molar-refractivity contribution is -0.129. The minimum absolute atomic E-state index is 0.0290. The smallest absolute Gasteiger partial charge is 0.251 e. The Morgan fingerprint density at radius 1 is 1.12 bits per heavy atom. The number of nitrogens with zero attached hydrogens (tertiary/aromatic N) is 5. The largest absolute Gasteiger partial charge is 0.350 e. The van der Waals surface area contributed by atoms with Crippen LogP contribution in [0.25, 0.3) is 11.1 Å². The number of hydrogen-bond donors (Lipinski definition) is 2. The molecule has 9 nitrogen and oxygen atoms in total. The number of amides is 2. The molecule has 0 aliphatic carbocycles. The first-order chi connectivity index (χ1) is 15.2. The Kier molecular flexibility index (Phi) is 5.73. The van der Waals surface area contributed by atoms with Gasteiger partial charge < -0.3 is 15.5 Å². The number of benzene rings is 1. The van der Waals surface area contributed by atoms with Crippen molar-refractivity contribution in [1.82, 2.24) is 29.8 Å². The lowest BCUT2D eigenvalue weighted by Crippen LogP contribution is -2.34. The van der Waals surface area contributed by atoms with E-state index >= 15 is 0 Å². The van der Waals surface area contributed by atoms with E-state index in [-0.39, 0.29) is 17.9 Å². The minimum Gasteiger partial charge on any atom is -0.350 e. The molecule has 2 N–H and O–H groups in total. The molecule has 2 aromatic heterocycles. The van der Waals surface area contributed by atoms with Crippen LogP contribution in [0.2, 0.25) is 0 Å². The molecule has 4 rings (SSSR count). The fraction of sp³-hybridized carbons (Fsp3) is 0.391. The second-order valence-corrected chi connectivity index (χ2v) is 8.54. The molecule has 1 aliphatic heterocycles. The predicted octanol–water partition coefficient (Wildman–Crippen LogP) is 2.61. The van der Waals surface area contributed by atoms with E-state index in [1.165, 1.54) is 0 Å². The highest BCUT2D eigenvalue weighted by atomic mass is 16.2. The highest BCUT2D eigenvalue weighted by Gasteiger charge is 2.25. The molecule has 0 atom stereocenters. The van der Waals surface area contributed by atoms with Crippen molar-refractivity contribution in [3.63, 3.8) is 0 Å². The number of aryl methyl sites for hydroxylation is 2. The molecule has 0 fully saturated rings. The lowest BCUT2D eigenvalue weighted by Gasteiger charge is -2.26. The fourth-order valence-electron chi connectivity index (χ4n) is 4.01. The Hall–Kier alpha value is -3.62. The van der Waals surface area contributed by atoms with Crippen LogP contribution in [0.1, 0.15) is 42.4 Å². The number of fused-ring (bicyclic) bond motifs is 1. The summed E-state index contributed by atoms with van der Waals surface area (Å²) in [5, 5.41) is 15.3. The van der Waals surface area contributed by atoms with Gasteiger partial charge >= 0.3 is 0 Å². The third-order valence-corrected chi connectivity index (χ3v) is 5.60. The number of rotatable bonds is 5. The molecule has 0 saturated carbocycles. The first-order valence-electron chi connectivity index (χ1n) is 10.7. The molecule has 32 heavy (non-hydrogen) atoms. The van der Waals surface area contributed by atoms with Crippen LogP contribution in [0.5, 0.6) is 0 Å². The number of carbonyl (C=O) groups excluding carboxylic acids is 2. The van der Waals surface area contributed by atoms with Crippen molar-refractivity contribution in [3.05, 3.63) is 47.4 Å². The van der Waals surface area contributed by atoms with Crippen LogP contribution in [0, 0.1) is 0 Å². The van der Waals surface area contributed by atoms with Gasteiger partial charge in [0.05, 0.1) is 12.7 Å². The van der Waals surface area contributed by atoms with Crippen molar-refractivity contribution >= 4 is 23.3 Å². The summed E-state index contributed by atoms with van der Waals surface area (Å²) in [6.07, 6.45) is 4.45. The summed E-state index contributed by atoms with van der Waals surface area (Å²) in [4.78, 5) is 26.5. The van der Waals surface area contributed by atoms with E-state index in [1.54, 1.807) is 17.8 Å². The molecule has 0 unspecified atom stereocenters. The fourth-order valence-corrected chi connectivity index (χ4v) is 4.01. The quantitative estimate of drug-likeness (QED) is 0.642. The van der Waals surface area contributed by atoms with Gasteiger partial charge in [-0.15, -0.1) is 0 Å². The second-order valence-electron chi connectivity index (χ2n) is 8.54. The molecule has 0 saturated heterocycles. The number of hydrogen-bond acceptors (Lipinski definition) is 5. The molecule has 3 aromatic rings. The maximum absolute atomic E-state index is 12.8. The summed E-state index contributed by atoms with van der Waals surface area (Å²) in [5.74, 6) is 0.614. The average Bonchev–Trinajstić information content (AvgIpc) is 3.30. The summed E-state index contributed by atoms with van der Waals surface area (Å²) in [5.41, 5.74) is 5.23. The summed E-state index contributed by atoms with van der Waals surface area (Å²) in [6.45, 7) is 6.67. The topological polar surface area (TPSA) is 97.1 Å². The normalized spacial score (nSPS) is 13.2. The Morgan fingerprint density at radius 3 is 2.56 bits per heavy atom. The van der Waals surface area contributed by atoms with Crippen LogP contribution in [0.3, 0.4) is 0 Å². The molecule has 2 amide bonds. The van der Waals surface area contributed by atoms with Crippen molar-refractivity contribution in [2.24, 2.45) is 14.1 Å². The SMILES string of the molecule is CC(=O)N1CCc2c(c(Nc3cc(C(=O)NC(C)C)cc(-c4cnn(C)c4)c3)nn2C)C1. The Balaban J connectivity index is 1.72. The molecule has 168 valence electrons. The van der Waals surface area contributed by atoms with Gasteiger partial charge in [-0.05, 0) is 37.6 Å². The number of anilines is 2. The van der Waals surface area contributed by atoms with Gasteiger partial charge in [0, 0.05) is 74.3 Å². The van der Waals surface area contributed by atoms with Crippen molar-refractivity contribution < 1.29 is 9.59 Å². The zero-order valence-electron chi connectivity index (χ0n) is 19.1. The van der Waals surface area contributed by atoms with Gasteiger partial charge in [0.15, 0.2) is 5.82 Å². The minimum atomic E-state index is -0.139. The molecule has 0 bridgehead atoms. The lowest BCUT2D eigenvalue weighted by atomic mass is 10.0. The van der Waals surface area contributed by atoms with Crippen molar-refractivity contribution in [1.29, 1.82) is 0 Å². The summed E-state index contributed by atoms with van der Waals surface area (Å²) in [6, 6.07) is 5.70. The van der Waals surface area contributed by atoms with Crippen LogP contribution >= 0.6 is 0 Å². The summed E-state index contributed by atoms with van der Waals surface area (Å²) in [7, 11) is 3.78. The highest BCUT2D eigenvalue weighted by molar-refractivity contribution is 5.97. The maximum Gasteiger partial charge on any atom is 0.251 e. The zero-order chi connectivity index (χ0) is 23.0. The van der Waals surface area contributed by atoms with Crippen molar-refractivity contribution in [3.8, 4) is 11.1 Å². The molecule has 9 heteroatoms. The third-order valence-electron chi connectivity index (χ3n) is 5.60. The van der Waals surface area contributed by atoms with Gasteiger partial charge in [-0.1, -0.05) is 0 Å². The Bertz CT molecular complexity index is 1180. The Labute approximate surface area is 187 Å². The summed E-state index contributed by atoms with van der Waals surface area (Å²) >= 11 is 0. The van der Waals surface area contributed by atoms with E-state index in [9.17, 15) is 9.59 Å². The van der Waals surface area contributed by atoms with Gasteiger partial charge in [0.25, 0.3) is 5.91 Å². The van der Waals surface area contributed by atoms with Gasteiger partial charge in [0.2, 0.25) is 5.91 Å². The molecular weight excluding hydrogens is 406 g/mol. The van der Waals surface area contributed by atoms with Gasteiger partial charge in [-0.3, -0.25) is 19.0 Å². The molecule has 1 aliphatic rings. The van der Waals surface area contributed by atoms with E-state index in [1.807, 2.05) is 61.9 Å². The summed E-state index contributed by atoms with van der Waals surface area (Å²) < 4.78 is 3.60. The Morgan fingerprint density at radius 2 is 1.91 bits per heavy atom. The van der Waals surface area contributed by atoms with Crippen LogP contribution in [-0.4, -0.2) is 48.9 Å². The van der Waals surface area contributed by atoms with E-state index in [0.717, 1.165) is 34.5 Å². The van der Waals surface area contributed by atoms with Crippen molar-refractivity contribution in [2.75, 3.05) is 11.9 Å². The van der Waals surface area contributed by atoms with Gasteiger partial charge in [-0.2, -0.15) is 10.2 Å². The van der Waals surface area contributed by atoms with Gasteiger partial charge in [0.1, 0.15) is 0 Å². The number of carbonyl (C=O) groups is 2. The van der Waals surface area contributed by atoms with E-state index in [4.69, 9.17) is 0 Å². The van der Waals surface area contributed by atoms with Crippen LogP contribution < -0.4 is 10.6 Å². The third kappa shape index (κ3) is 4.37. The standard InChI is InChI=1S/C23H29N7O2/c1-14(2)25-23(32)17-8-16(18-11-24-28(4)12-18)9-19(10-17)26-22-20-13-30(15(3)31)7-6-21(20)29(5)27-22/h8-12,14H,6-7,13H2,1-5H3,(H,25,32)(H,26,27). The molecule has 0 spiro atoms. The zero-order valence-corrected chi connectivity index (χ0v) is 19.1. The van der Waals surface area contributed by atoms with E-state index < -0.39 is 0 Å². The average molecular weight is 436 g/mol. The predicted molar refractivity (Wildman–Crippen MR) is 123 cm³/mol. The highest BCUT2D eigenvalue weighted by Crippen LogP contribution is 2.31. The van der Waals surface area contributed by atoms with Crippen molar-refractivity contribution in [2.45, 2.75) is 39.8 Å². The first kappa shape index (κ1) is 21.6. The molecular formula is C23H29N7O2. The molecule has 3 heterocycles. The maximum atomic E-state index is 12.8. The van der Waals surface area contributed by atoms with Crippen LogP contribution in [0.15, 0.2) is 30.6 Å². The number of nitrogens with one attached hydrogen (secondary N) is 2.